The van der Waals surface area contributed by atoms with Crippen molar-refractivity contribution in [2.24, 2.45) is 11.7 Å². The van der Waals surface area contributed by atoms with Gasteiger partial charge in [-0.1, -0.05) is 24.8 Å². The fraction of sp³-hybridized carbons (Fsp3) is 0.440. The number of thioether (sulfide) groups is 1. The molecule has 3 aromatic rings. The molecule has 2 N–H and O–H groups in total. The zero-order valence-electron chi connectivity index (χ0n) is 20.0. The van der Waals surface area contributed by atoms with Crippen LogP contribution in [-0.2, 0) is 16.0 Å². The van der Waals surface area contributed by atoms with Gasteiger partial charge in [-0.3, -0.25) is 19.0 Å². The number of primary amides is 1. The van der Waals surface area contributed by atoms with Crippen molar-refractivity contribution in [2.75, 3.05) is 18.8 Å². The quantitative estimate of drug-likeness (QED) is 0.412. The number of carbonyl (C=O) groups is 2. The standard InChI is InChI=1S/C25H30N4O3S2/c1-5-19-16(4)34-23-21(19)24(32)29(18-9-8-14(2)15(3)11-18)25(27-23)33-13-20(30)28-10-6-7-17(12-28)22(26)31/h8-9,11,17H,5-7,10,12-13H2,1-4H3,(H2,26,31). The number of piperidine rings is 1. The van der Waals surface area contributed by atoms with Gasteiger partial charge in [0, 0.05) is 18.0 Å². The molecule has 0 bridgehead atoms. The maximum absolute atomic E-state index is 13.8. The number of benzene rings is 1. The van der Waals surface area contributed by atoms with Gasteiger partial charge in [0.1, 0.15) is 4.83 Å². The lowest BCUT2D eigenvalue weighted by atomic mass is 9.97. The van der Waals surface area contributed by atoms with Gasteiger partial charge >= 0.3 is 0 Å². The van der Waals surface area contributed by atoms with Crippen LogP contribution < -0.4 is 11.3 Å². The SMILES string of the molecule is CCc1c(C)sc2nc(SCC(=O)N3CCCC(C(N)=O)C3)n(-c3ccc(C)c(C)c3)c(=O)c12. The second-order valence-electron chi connectivity index (χ2n) is 8.84. The van der Waals surface area contributed by atoms with Crippen molar-refractivity contribution in [1.82, 2.24) is 14.5 Å². The number of rotatable bonds is 6. The molecule has 2 aromatic heterocycles. The predicted molar refractivity (Wildman–Crippen MR) is 138 cm³/mol. The summed E-state index contributed by atoms with van der Waals surface area (Å²) in [5, 5.41) is 1.17. The minimum atomic E-state index is -0.361. The number of hydrogen-bond acceptors (Lipinski definition) is 6. The fourth-order valence-corrected chi connectivity index (χ4v) is 6.54. The third-order valence-corrected chi connectivity index (χ3v) is 8.56. The van der Waals surface area contributed by atoms with Crippen molar-refractivity contribution in [3.63, 3.8) is 0 Å². The number of carbonyl (C=O) groups excluding carboxylic acids is 2. The maximum atomic E-state index is 13.8. The summed E-state index contributed by atoms with van der Waals surface area (Å²) >= 11 is 2.79. The number of nitrogens with zero attached hydrogens (tertiary/aromatic N) is 3. The first-order valence-electron chi connectivity index (χ1n) is 11.5. The van der Waals surface area contributed by atoms with Crippen LogP contribution in [0.4, 0.5) is 0 Å². The topological polar surface area (TPSA) is 98.3 Å². The third-order valence-electron chi connectivity index (χ3n) is 6.60. The number of thiophene rings is 1. The smallest absolute Gasteiger partial charge is 0.267 e. The first-order valence-corrected chi connectivity index (χ1v) is 13.3. The number of nitrogens with two attached hydrogens (primary N) is 1. The lowest BCUT2D eigenvalue weighted by Crippen LogP contribution is -2.44. The lowest BCUT2D eigenvalue weighted by molar-refractivity contribution is -0.132. The Kier molecular flexibility index (Phi) is 7.14. The van der Waals surface area contributed by atoms with Crippen molar-refractivity contribution < 1.29 is 9.59 Å². The summed E-state index contributed by atoms with van der Waals surface area (Å²) in [6, 6.07) is 5.91. The molecule has 1 aromatic carbocycles. The Hall–Kier alpha value is -2.65. The molecule has 9 heteroatoms. The van der Waals surface area contributed by atoms with Crippen LogP contribution >= 0.6 is 23.1 Å². The molecular weight excluding hydrogens is 468 g/mol. The average Bonchev–Trinajstić information content (AvgIpc) is 3.14. The molecule has 180 valence electrons. The van der Waals surface area contributed by atoms with Crippen molar-refractivity contribution in [1.29, 1.82) is 0 Å². The molecule has 0 spiro atoms. The van der Waals surface area contributed by atoms with E-state index in [-0.39, 0.29) is 29.0 Å². The number of aryl methyl sites for hydroxylation is 4. The summed E-state index contributed by atoms with van der Waals surface area (Å²) in [6.07, 6.45) is 2.24. The summed E-state index contributed by atoms with van der Waals surface area (Å²) < 4.78 is 1.64. The van der Waals surface area contributed by atoms with E-state index < -0.39 is 0 Å². The summed E-state index contributed by atoms with van der Waals surface area (Å²) in [7, 11) is 0. The zero-order chi connectivity index (χ0) is 24.6. The molecule has 1 aliphatic heterocycles. The lowest BCUT2D eigenvalue weighted by Gasteiger charge is -2.31. The summed E-state index contributed by atoms with van der Waals surface area (Å²) in [5.41, 5.74) is 9.37. The van der Waals surface area contributed by atoms with Gasteiger partial charge in [-0.25, -0.2) is 4.98 Å². The minimum absolute atomic E-state index is 0.0754. The normalized spacial score (nSPS) is 16.2. The monoisotopic (exact) mass is 498 g/mol. The van der Waals surface area contributed by atoms with E-state index in [9.17, 15) is 14.4 Å². The summed E-state index contributed by atoms with van der Waals surface area (Å²) in [5.74, 6) is -0.596. The van der Waals surface area contributed by atoms with Gasteiger partial charge in [0.2, 0.25) is 11.8 Å². The molecule has 4 rings (SSSR count). The molecule has 1 atom stereocenters. The van der Waals surface area contributed by atoms with Crippen LogP contribution in [0.5, 0.6) is 0 Å². The van der Waals surface area contributed by atoms with Gasteiger partial charge in [0.25, 0.3) is 5.56 Å². The van der Waals surface area contributed by atoms with Crippen molar-refractivity contribution in [3.8, 4) is 5.69 Å². The molecule has 1 unspecified atom stereocenters. The molecule has 0 radical (unpaired) electrons. The Morgan fingerprint density at radius 3 is 2.68 bits per heavy atom. The highest BCUT2D eigenvalue weighted by atomic mass is 32.2. The van der Waals surface area contributed by atoms with Gasteiger partial charge in [-0.05, 0) is 68.9 Å². The number of fused-ring (bicyclic) bond motifs is 1. The van der Waals surface area contributed by atoms with Crippen LogP contribution in [0.1, 0.15) is 41.3 Å². The van der Waals surface area contributed by atoms with Crippen LogP contribution in [0.2, 0.25) is 0 Å². The highest BCUT2D eigenvalue weighted by Gasteiger charge is 2.27. The second-order valence-corrected chi connectivity index (χ2v) is 11.0. The van der Waals surface area contributed by atoms with Gasteiger partial charge in [-0.2, -0.15) is 0 Å². The van der Waals surface area contributed by atoms with E-state index in [1.807, 2.05) is 45.9 Å². The maximum Gasteiger partial charge on any atom is 0.267 e. The van der Waals surface area contributed by atoms with E-state index >= 15 is 0 Å². The number of hydrogen-bond donors (Lipinski definition) is 1. The van der Waals surface area contributed by atoms with Crippen molar-refractivity contribution in [2.45, 2.75) is 52.1 Å². The van der Waals surface area contributed by atoms with Gasteiger partial charge in [-0.15, -0.1) is 11.3 Å². The third kappa shape index (κ3) is 4.63. The molecule has 2 amide bonds. The van der Waals surface area contributed by atoms with E-state index in [0.717, 1.165) is 40.1 Å². The average molecular weight is 499 g/mol. The van der Waals surface area contributed by atoms with Crippen LogP contribution in [0.3, 0.4) is 0 Å². The largest absolute Gasteiger partial charge is 0.369 e. The second kappa shape index (κ2) is 9.92. The number of amides is 2. The van der Waals surface area contributed by atoms with E-state index in [1.165, 1.54) is 23.1 Å². The Morgan fingerprint density at radius 1 is 1.24 bits per heavy atom. The Labute approximate surface area is 207 Å². The van der Waals surface area contributed by atoms with Crippen molar-refractivity contribution in [3.05, 3.63) is 50.1 Å². The first kappa shape index (κ1) is 24.5. The van der Waals surface area contributed by atoms with E-state index in [2.05, 4.69) is 0 Å². The Balaban J connectivity index is 1.72. The Bertz CT molecular complexity index is 1330. The van der Waals surface area contributed by atoms with Crippen LogP contribution in [0, 0.1) is 26.7 Å². The van der Waals surface area contributed by atoms with Crippen LogP contribution in [-0.4, -0.2) is 45.1 Å². The van der Waals surface area contributed by atoms with Crippen molar-refractivity contribution >= 4 is 45.1 Å². The highest BCUT2D eigenvalue weighted by molar-refractivity contribution is 7.99. The Morgan fingerprint density at radius 2 is 2.00 bits per heavy atom. The van der Waals surface area contributed by atoms with E-state index in [1.54, 1.807) is 9.47 Å². The number of likely N-dealkylation sites (tertiary alicyclic amines) is 1. The molecule has 1 fully saturated rings. The van der Waals surface area contributed by atoms with Gasteiger partial charge < -0.3 is 10.6 Å². The van der Waals surface area contributed by atoms with Crippen LogP contribution in [0.15, 0.2) is 28.2 Å². The van der Waals surface area contributed by atoms with Crippen LogP contribution in [0.25, 0.3) is 15.9 Å². The molecule has 0 saturated carbocycles. The summed E-state index contributed by atoms with van der Waals surface area (Å²) in [6.45, 7) is 9.09. The minimum Gasteiger partial charge on any atom is -0.369 e. The van der Waals surface area contributed by atoms with E-state index in [0.29, 0.717) is 34.9 Å². The predicted octanol–water partition coefficient (Wildman–Crippen LogP) is 3.75. The molecule has 3 heterocycles. The highest BCUT2D eigenvalue weighted by Crippen LogP contribution is 2.31. The first-order chi connectivity index (χ1) is 16.2. The molecule has 7 nitrogen and oxygen atoms in total. The van der Waals surface area contributed by atoms with E-state index in [4.69, 9.17) is 10.7 Å². The summed E-state index contributed by atoms with van der Waals surface area (Å²) in [4.78, 5) is 46.7. The molecule has 34 heavy (non-hydrogen) atoms. The molecule has 0 aliphatic carbocycles. The van der Waals surface area contributed by atoms with Gasteiger partial charge in [0.05, 0.1) is 22.7 Å². The van der Waals surface area contributed by atoms with Gasteiger partial charge in [0.15, 0.2) is 5.16 Å². The fourth-order valence-electron chi connectivity index (χ4n) is 4.47. The molecule has 1 aliphatic rings. The number of aromatic nitrogens is 2. The molecule has 1 saturated heterocycles. The zero-order valence-corrected chi connectivity index (χ0v) is 21.6. The molecular formula is C25H30N4O3S2.